The van der Waals surface area contributed by atoms with Gasteiger partial charge in [-0.25, -0.2) is 9.67 Å². The molecule has 1 aliphatic rings. The van der Waals surface area contributed by atoms with Crippen LogP contribution in [0.25, 0.3) is 5.82 Å². The first kappa shape index (κ1) is 11.8. The number of piperidine rings is 1. The zero-order valence-electron chi connectivity index (χ0n) is 10.4. The highest BCUT2D eigenvalue weighted by molar-refractivity contribution is 5.92. The van der Waals surface area contributed by atoms with Crippen molar-refractivity contribution in [2.45, 2.75) is 19.3 Å². The van der Waals surface area contributed by atoms with Crippen molar-refractivity contribution in [2.75, 3.05) is 13.1 Å². The molecule has 0 unspecified atom stereocenters. The molecule has 0 radical (unpaired) electrons. The van der Waals surface area contributed by atoms with Gasteiger partial charge in [-0.05, 0) is 31.4 Å². The fraction of sp³-hybridized carbons (Fsp3) is 0.417. The van der Waals surface area contributed by atoms with Crippen LogP contribution < -0.4 is 0 Å². The number of hydrogen-bond donors (Lipinski definition) is 0. The van der Waals surface area contributed by atoms with Crippen LogP contribution in [0.3, 0.4) is 0 Å². The lowest BCUT2D eigenvalue weighted by Gasteiger charge is -2.26. The van der Waals surface area contributed by atoms with E-state index >= 15 is 0 Å². The Morgan fingerprint density at radius 2 is 1.95 bits per heavy atom. The number of rotatable bonds is 2. The van der Waals surface area contributed by atoms with Gasteiger partial charge in [0.1, 0.15) is 12.7 Å². The van der Waals surface area contributed by atoms with E-state index in [0.29, 0.717) is 11.5 Å². The van der Waals surface area contributed by atoms with Gasteiger partial charge in [-0.2, -0.15) is 5.10 Å². The van der Waals surface area contributed by atoms with Gasteiger partial charge in [-0.1, -0.05) is 0 Å². The molecule has 0 N–H and O–H groups in total. The minimum absolute atomic E-state index is 0.0441. The maximum atomic E-state index is 12.2. The molecule has 0 bridgehead atoms. The van der Waals surface area contributed by atoms with Gasteiger partial charge < -0.3 is 4.90 Å². The number of carbonyl (C=O) groups is 1. The van der Waals surface area contributed by atoms with Gasteiger partial charge in [0.15, 0.2) is 11.5 Å². The number of aromatic nitrogens is 5. The van der Waals surface area contributed by atoms with E-state index in [4.69, 9.17) is 0 Å². The normalized spacial score (nSPS) is 15.5. The SMILES string of the molecule is O=C(c1ccc(-n2cncn2)nn1)N1CCCCC1. The number of amides is 1. The molecule has 1 fully saturated rings. The van der Waals surface area contributed by atoms with E-state index in [2.05, 4.69) is 20.3 Å². The van der Waals surface area contributed by atoms with E-state index in [1.165, 1.54) is 23.8 Å². The molecular formula is C12H14N6O. The van der Waals surface area contributed by atoms with Gasteiger partial charge in [-0.15, -0.1) is 10.2 Å². The third kappa shape index (κ3) is 2.44. The predicted octanol–water partition coefficient (Wildman–Crippen LogP) is 0.683. The van der Waals surface area contributed by atoms with E-state index in [1.54, 1.807) is 12.1 Å². The molecule has 2 aromatic rings. The molecule has 0 aliphatic carbocycles. The molecule has 1 amide bonds. The van der Waals surface area contributed by atoms with Crippen molar-refractivity contribution in [1.82, 2.24) is 29.9 Å². The van der Waals surface area contributed by atoms with Gasteiger partial charge in [-0.3, -0.25) is 4.79 Å². The lowest BCUT2D eigenvalue weighted by Crippen LogP contribution is -2.36. The Bertz CT molecular complexity index is 544. The van der Waals surface area contributed by atoms with Crippen molar-refractivity contribution in [2.24, 2.45) is 0 Å². The minimum Gasteiger partial charge on any atom is -0.337 e. The van der Waals surface area contributed by atoms with Crippen molar-refractivity contribution in [3.63, 3.8) is 0 Å². The predicted molar refractivity (Wildman–Crippen MR) is 66.7 cm³/mol. The molecular weight excluding hydrogens is 244 g/mol. The summed E-state index contributed by atoms with van der Waals surface area (Å²) in [6.45, 7) is 1.62. The fourth-order valence-electron chi connectivity index (χ4n) is 2.15. The third-order valence-electron chi connectivity index (χ3n) is 3.17. The second-order valence-corrected chi connectivity index (χ2v) is 4.47. The summed E-state index contributed by atoms with van der Waals surface area (Å²) < 4.78 is 1.50. The van der Waals surface area contributed by atoms with Gasteiger partial charge >= 0.3 is 0 Å². The zero-order chi connectivity index (χ0) is 13.1. The monoisotopic (exact) mass is 258 g/mol. The first-order valence-electron chi connectivity index (χ1n) is 6.32. The number of likely N-dealkylation sites (tertiary alicyclic amines) is 1. The lowest BCUT2D eigenvalue weighted by atomic mass is 10.1. The van der Waals surface area contributed by atoms with Crippen molar-refractivity contribution in [1.29, 1.82) is 0 Å². The van der Waals surface area contributed by atoms with Crippen LogP contribution in [0, 0.1) is 0 Å². The minimum atomic E-state index is -0.0441. The first-order chi connectivity index (χ1) is 9.34. The van der Waals surface area contributed by atoms with Crippen LogP contribution in [0.2, 0.25) is 0 Å². The largest absolute Gasteiger partial charge is 0.337 e. The Morgan fingerprint density at radius 1 is 1.11 bits per heavy atom. The second-order valence-electron chi connectivity index (χ2n) is 4.47. The van der Waals surface area contributed by atoms with Crippen LogP contribution in [-0.4, -0.2) is 48.9 Å². The van der Waals surface area contributed by atoms with Crippen molar-refractivity contribution >= 4 is 5.91 Å². The summed E-state index contributed by atoms with van der Waals surface area (Å²) in [6.07, 6.45) is 6.29. The zero-order valence-corrected chi connectivity index (χ0v) is 10.4. The molecule has 1 saturated heterocycles. The van der Waals surface area contributed by atoms with E-state index in [1.807, 2.05) is 4.90 Å². The summed E-state index contributed by atoms with van der Waals surface area (Å²) in [4.78, 5) is 17.9. The highest BCUT2D eigenvalue weighted by atomic mass is 16.2. The molecule has 7 nitrogen and oxygen atoms in total. The van der Waals surface area contributed by atoms with E-state index < -0.39 is 0 Å². The maximum absolute atomic E-state index is 12.2. The Balaban J connectivity index is 1.76. The van der Waals surface area contributed by atoms with Gasteiger partial charge in [0.2, 0.25) is 0 Å². The van der Waals surface area contributed by atoms with E-state index in [0.717, 1.165) is 25.9 Å². The third-order valence-corrected chi connectivity index (χ3v) is 3.17. The smallest absolute Gasteiger partial charge is 0.274 e. The van der Waals surface area contributed by atoms with Crippen molar-refractivity contribution in [3.05, 3.63) is 30.5 Å². The topological polar surface area (TPSA) is 76.8 Å². The Morgan fingerprint density at radius 3 is 2.58 bits per heavy atom. The molecule has 19 heavy (non-hydrogen) atoms. The van der Waals surface area contributed by atoms with E-state index in [9.17, 15) is 4.79 Å². The average molecular weight is 258 g/mol. The molecule has 0 atom stereocenters. The average Bonchev–Trinajstić information content (AvgIpc) is 3.02. The number of hydrogen-bond acceptors (Lipinski definition) is 5. The van der Waals surface area contributed by atoms with Crippen molar-refractivity contribution in [3.8, 4) is 5.82 Å². The molecule has 0 saturated carbocycles. The molecule has 98 valence electrons. The molecule has 7 heteroatoms. The van der Waals surface area contributed by atoms with Gasteiger partial charge in [0, 0.05) is 13.1 Å². The van der Waals surface area contributed by atoms with Crippen LogP contribution in [-0.2, 0) is 0 Å². The Hall–Kier alpha value is -2.31. The molecule has 2 aromatic heterocycles. The van der Waals surface area contributed by atoms with Crippen LogP contribution in [0.1, 0.15) is 29.8 Å². The highest BCUT2D eigenvalue weighted by Gasteiger charge is 2.19. The quantitative estimate of drug-likeness (QED) is 0.791. The van der Waals surface area contributed by atoms with Gasteiger partial charge in [0.25, 0.3) is 5.91 Å². The Labute approximate surface area is 110 Å². The summed E-state index contributed by atoms with van der Waals surface area (Å²) in [7, 11) is 0. The van der Waals surface area contributed by atoms with Crippen LogP contribution in [0.5, 0.6) is 0 Å². The molecule has 3 heterocycles. The van der Waals surface area contributed by atoms with Crippen molar-refractivity contribution < 1.29 is 4.79 Å². The second kappa shape index (κ2) is 5.13. The summed E-state index contributed by atoms with van der Waals surface area (Å²) >= 11 is 0. The Kier molecular flexibility index (Phi) is 3.18. The summed E-state index contributed by atoms with van der Waals surface area (Å²) in [6, 6.07) is 3.40. The standard InChI is InChI=1S/C12H14N6O/c19-12(17-6-2-1-3-7-17)10-4-5-11(16-15-10)18-9-13-8-14-18/h4-5,8-9H,1-3,6-7H2. The lowest BCUT2D eigenvalue weighted by molar-refractivity contribution is 0.0717. The van der Waals surface area contributed by atoms with Gasteiger partial charge in [0.05, 0.1) is 0 Å². The fourth-order valence-corrected chi connectivity index (χ4v) is 2.15. The van der Waals surface area contributed by atoms with Crippen LogP contribution >= 0.6 is 0 Å². The summed E-state index contributed by atoms with van der Waals surface area (Å²) in [5.74, 6) is 0.505. The summed E-state index contributed by atoms with van der Waals surface area (Å²) in [5, 5.41) is 11.9. The van der Waals surface area contributed by atoms with Crippen LogP contribution in [0.4, 0.5) is 0 Å². The molecule has 0 spiro atoms. The van der Waals surface area contributed by atoms with E-state index in [-0.39, 0.29) is 5.91 Å². The molecule has 1 aliphatic heterocycles. The molecule has 3 rings (SSSR count). The number of nitrogens with zero attached hydrogens (tertiary/aromatic N) is 6. The highest BCUT2D eigenvalue weighted by Crippen LogP contribution is 2.12. The summed E-state index contributed by atoms with van der Waals surface area (Å²) in [5.41, 5.74) is 0.380. The number of carbonyl (C=O) groups excluding carboxylic acids is 1. The van der Waals surface area contributed by atoms with Crippen LogP contribution in [0.15, 0.2) is 24.8 Å². The maximum Gasteiger partial charge on any atom is 0.274 e. The molecule has 0 aromatic carbocycles. The first-order valence-corrected chi connectivity index (χ1v) is 6.32.